The van der Waals surface area contributed by atoms with Gasteiger partial charge in [-0.15, -0.1) is 10.2 Å². The third kappa shape index (κ3) is 3.59. The van der Waals surface area contributed by atoms with Crippen molar-refractivity contribution in [2.24, 2.45) is 0 Å². The van der Waals surface area contributed by atoms with Gasteiger partial charge in [0.15, 0.2) is 5.82 Å². The van der Waals surface area contributed by atoms with Crippen molar-refractivity contribution in [3.8, 4) is 5.82 Å². The average molecular weight is 386 g/mol. The summed E-state index contributed by atoms with van der Waals surface area (Å²) >= 11 is 0. The Kier molecular flexibility index (Phi) is 4.69. The van der Waals surface area contributed by atoms with E-state index in [4.69, 9.17) is 0 Å². The zero-order valence-corrected chi connectivity index (χ0v) is 15.9. The Balaban J connectivity index is 1.58. The van der Waals surface area contributed by atoms with Crippen LogP contribution in [0.3, 0.4) is 0 Å². The first-order valence-corrected chi connectivity index (χ1v) is 10.6. The molecule has 142 valence electrons. The number of H-pyrrole nitrogens is 1. The predicted octanol–water partition coefficient (Wildman–Crippen LogP) is 3.15. The van der Waals surface area contributed by atoms with E-state index in [0.717, 1.165) is 0 Å². The zero-order valence-electron chi connectivity index (χ0n) is 15.1. The van der Waals surface area contributed by atoms with Crippen molar-refractivity contribution < 1.29 is 8.42 Å². The molecule has 0 atom stereocenters. The summed E-state index contributed by atoms with van der Waals surface area (Å²) in [4.78, 5) is 0.234. The quantitative estimate of drug-likeness (QED) is 0.701. The van der Waals surface area contributed by atoms with Gasteiger partial charge in [0.1, 0.15) is 18.3 Å². The van der Waals surface area contributed by atoms with E-state index < -0.39 is 10.0 Å². The molecule has 0 unspecified atom stereocenters. The molecule has 2 heterocycles. The number of rotatable bonds is 5. The Morgan fingerprint density at radius 2 is 1.74 bits per heavy atom. The molecular formula is C18H22N6O2S. The van der Waals surface area contributed by atoms with Crippen molar-refractivity contribution in [2.45, 2.75) is 49.8 Å². The number of nitrogens with one attached hydrogen (secondary N) is 2. The minimum absolute atomic E-state index is 0.234. The molecule has 0 saturated heterocycles. The van der Waals surface area contributed by atoms with Gasteiger partial charge in [-0.2, -0.15) is 5.10 Å². The molecule has 0 amide bonds. The van der Waals surface area contributed by atoms with Crippen LogP contribution in [0.5, 0.6) is 0 Å². The molecule has 2 aromatic heterocycles. The van der Waals surface area contributed by atoms with Crippen LogP contribution in [0, 0.1) is 6.92 Å². The maximum absolute atomic E-state index is 12.9. The minimum Gasteiger partial charge on any atom is -0.279 e. The first-order chi connectivity index (χ1) is 13.0. The zero-order chi connectivity index (χ0) is 18.9. The molecule has 0 aliphatic heterocycles. The maximum atomic E-state index is 12.9. The molecule has 1 aliphatic rings. The maximum Gasteiger partial charge on any atom is 0.262 e. The number of nitrogens with zero attached hydrogens (tertiary/aromatic N) is 4. The van der Waals surface area contributed by atoms with Gasteiger partial charge in [-0.05, 0) is 43.4 Å². The van der Waals surface area contributed by atoms with Gasteiger partial charge in [-0.25, -0.2) is 8.42 Å². The van der Waals surface area contributed by atoms with E-state index in [2.05, 4.69) is 25.1 Å². The van der Waals surface area contributed by atoms with E-state index in [-0.39, 0.29) is 4.90 Å². The Bertz CT molecular complexity index is 1000. The standard InChI is InChI=1S/C18H22N6O2S/c1-13-17(18(22-21-13)24-11-19-20-12-24)23-27(25,26)16-9-7-15(8-10-16)14-5-3-2-4-6-14/h7-12,14,23H,2-6H2,1H3,(H,21,22). The molecule has 1 aliphatic carbocycles. The lowest BCUT2D eigenvalue weighted by atomic mass is 9.84. The number of hydrogen-bond acceptors (Lipinski definition) is 5. The van der Waals surface area contributed by atoms with Gasteiger partial charge < -0.3 is 0 Å². The molecule has 27 heavy (non-hydrogen) atoms. The molecule has 4 rings (SSSR count). The molecule has 3 aromatic rings. The summed E-state index contributed by atoms with van der Waals surface area (Å²) in [6.07, 6.45) is 9.09. The summed E-state index contributed by atoms with van der Waals surface area (Å²) in [5.74, 6) is 0.944. The van der Waals surface area contributed by atoms with Crippen LogP contribution in [0.25, 0.3) is 5.82 Å². The molecule has 1 aromatic carbocycles. The Labute approximate surface area is 158 Å². The van der Waals surface area contributed by atoms with Crippen LogP contribution in [-0.2, 0) is 10.0 Å². The smallest absolute Gasteiger partial charge is 0.262 e. The van der Waals surface area contributed by atoms with Gasteiger partial charge in [0.05, 0.1) is 10.6 Å². The van der Waals surface area contributed by atoms with E-state index in [1.807, 2.05) is 12.1 Å². The number of aryl methyl sites for hydroxylation is 1. The average Bonchev–Trinajstić information content (AvgIpc) is 3.33. The highest BCUT2D eigenvalue weighted by Gasteiger charge is 2.22. The number of sulfonamides is 1. The van der Waals surface area contributed by atoms with E-state index in [1.54, 1.807) is 23.6 Å². The monoisotopic (exact) mass is 386 g/mol. The van der Waals surface area contributed by atoms with E-state index in [1.165, 1.54) is 50.3 Å². The molecule has 8 nitrogen and oxygen atoms in total. The van der Waals surface area contributed by atoms with Crippen molar-refractivity contribution in [3.63, 3.8) is 0 Å². The Morgan fingerprint density at radius 1 is 1.07 bits per heavy atom. The number of aromatic nitrogens is 5. The van der Waals surface area contributed by atoms with Crippen molar-refractivity contribution in [1.29, 1.82) is 0 Å². The molecule has 1 saturated carbocycles. The second kappa shape index (κ2) is 7.15. The summed E-state index contributed by atoms with van der Waals surface area (Å²) in [7, 11) is -3.73. The summed E-state index contributed by atoms with van der Waals surface area (Å²) in [6, 6.07) is 7.24. The Hall–Kier alpha value is -2.68. The van der Waals surface area contributed by atoms with Gasteiger partial charge in [0, 0.05) is 0 Å². The van der Waals surface area contributed by atoms with E-state index in [9.17, 15) is 8.42 Å². The lowest BCUT2D eigenvalue weighted by molar-refractivity contribution is 0.443. The van der Waals surface area contributed by atoms with Crippen LogP contribution >= 0.6 is 0 Å². The lowest BCUT2D eigenvalue weighted by Gasteiger charge is -2.22. The van der Waals surface area contributed by atoms with Crippen molar-refractivity contribution in [2.75, 3.05) is 4.72 Å². The molecule has 1 fully saturated rings. The minimum atomic E-state index is -3.73. The summed E-state index contributed by atoms with van der Waals surface area (Å²) < 4.78 is 29.9. The number of aromatic amines is 1. The first-order valence-electron chi connectivity index (χ1n) is 9.07. The van der Waals surface area contributed by atoms with Crippen LogP contribution < -0.4 is 4.72 Å². The summed E-state index contributed by atoms with van der Waals surface area (Å²) in [5, 5.41) is 14.4. The molecule has 2 N–H and O–H groups in total. The topological polar surface area (TPSA) is 106 Å². The third-order valence-corrected chi connectivity index (χ3v) is 6.46. The van der Waals surface area contributed by atoms with Gasteiger partial charge in [-0.3, -0.25) is 14.4 Å². The van der Waals surface area contributed by atoms with Crippen molar-refractivity contribution >= 4 is 15.7 Å². The highest BCUT2D eigenvalue weighted by atomic mass is 32.2. The lowest BCUT2D eigenvalue weighted by Crippen LogP contribution is -2.15. The molecular weight excluding hydrogens is 364 g/mol. The number of benzene rings is 1. The van der Waals surface area contributed by atoms with Crippen molar-refractivity contribution in [3.05, 3.63) is 48.2 Å². The summed E-state index contributed by atoms with van der Waals surface area (Å²) in [6.45, 7) is 1.75. The molecule has 0 spiro atoms. The van der Waals surface area contributed by atoms with E-state index >= 15 is 0 Å². The Morgan fingerprint density at radius 3 is 2.41 bits per heavy atom. The molecule has 0 bridgehead atoms. The van der Waals surface area contributed by atoms with Crippen LogP contribution in [-0.4, -0.2) is 33.4 Å². The highest BCUT2D eigenvalue weighted by Crippen LogP contribution is 2.33. The van der Waals surface area contributed by atoms with Gasteiger partial charge >= 0.3 is 0 Å². The van der Waals surface area contributed by atoms with E-state index in [0.29, 0.717) is 23.1 Å². The van der Waals surface area contributed by atoms with Crippen LogP contribution in [0.4, 0.5) is 5.69 Å². The second-order valence-corrected chi connectivity index (χ2v) is 8.61. The fourth-order valence-corrected chi connectivity index (χ4v) is 4.71. The second-order valence-electron chi connectivity index (χ2n) is 6.93. The van der Waals surface area contributed by atoms with Crippen LogP contribution in [0.15, 0.2) is 41.8 Å². The van der Waals surface area contributed by atoms with Gasteiger partial charge in [0.25, 0.3) is 10.0 Å². The highest BCUT2D eigenvalue weighted by molar-refractivity contribution is 7.92. The molecule has 9 heteroatoms. The van der Waals surface area contributed by atoms with Crippen LogP contribution in [0.1, 0.15) is 49.3 Å². The normalized spacial score (nSPS) is 15.7. The third-order valence-electron chi connectivity index (χ3n) is 5.09. The fraction of sp³-hybridized carbons (Fsp3) is 0.389. The predicted molar refractivity (Wildman–Crippen MR) is 101 cm³/mol. The van der Waals surface area contributed by atoms with Crippen LogP contribution in [0.2, 0.25) is 0 Å². The van der Waals surface area contributed by atoms with Gasteiger partial charge in [0.2, 0.25) is 0 Å². The fourth-order valence-electron chi connectivity index (χ4n) is 3.58. The van der Waals surface area contributed by atoms with Crippen molar-refractivity contribution in [1.82, 2.24) is 25.0 Å². The largest absolute Gasteiger partial charge is 0.279 e. The number of hydrogen-bond donors (Lipinski definition) is 2. The van der Waals surface area contributed by atoms with Gasteiger partial charge in [-0.1, -0.05) is 31.4 Å². The number of anilines is 1. The SMILES string of the molecule is Cc1[nH]nc(-n2cnnc2)c1NS(=O)(=O)c1ccc(C2CCCCC2)cc1. The first kappa shape index (κ1) is 17.7. The summed E-state index contributed by atoms with van der Waals surface area (Å²) in [5.41, 5.74) is 2.21. The molecule has 0 radical (unpaired) electrons.